The fourth-order valence-corrected chi connectivity index (χ4v) is 1.60. The van der Waals surface area contributed by atoms with Crippen LogP contribution in [0.1, 0.15) is 18.5 Å². The zero-order valence-electron chi connectivity index (χ0n) is 11.9. The average molecular weight is 290 g/mol. The smallest absolute Gasteiger partial charge is 0.318 e. The summed E-state index contributed by atoms with van der Waals surface area (Å²) in [5, 5.41) is 7.88. The van der Waals surface area contributed by atoms with Crippen molar-refractivity contribution in [2.45, 2.75) is 13.0 Å². The molecule has 0 aliphatic carbocycles. The van der Waals surface area contributed by atoms with E-state index in [0.717, 1.165) is 17.5 Å². The summed E-state index contributed by atoms with van der Waals surface area (Å²) >= 11 is 0. The number of nitrogens with zero attached hydrogens (tertiary/aromatic N) is 4. The van der Waals surface area contributed by atoms with E-state index >= 15 is 0 Å². The van der Waals surface area contributed by atoms with Gasteiger partial charge in [0.1, 0.15) is 5.75 Å². The maximum Gasteiger partial charge on any atom is 0.318 e. The van der Waals surface area contributed by atoms with Crippen molar-refractivity contribution in [3.63, 3.8) is 0 Å². The van der Waals surface area contributed by atoms with Crippen molar-refractivity contribution < 1.29 is 13.9 Å². The maximum absolute atomic E-state index is 13.5. The molecule has 0 radical (unpaired) electrons. The summed E-state index contributed by atoms with van der Waals surface area (Å²) < 4.78 is 23.4. The molecule has 0 fully saturated rings. The molecule has 0 aliphatic rings. The van der Waals surface area contributed by atoms with Crippen molar-refractivity contribution in [3.05, 3.63) is 41.8 Å². The zero-order chi connectivity index (χ0) is 15.2. The highest BCUT2D eigenvalue weighted by Crippen LogP contribution is 2.23. The number of halogens is 1. The lowest BCUT2D eigenvalue weighted by Gasteiger charge is -2.06. The van der Waals surface area contributed by atoms with Gasteiger partial charge in [-0.05, 0) is 24.6 Å². The molecular weight excluding hydrogens is 275 g/mol. The lowest BCUT2D eigenvalue weighted by atomic mass is 10.1. The Morgan fingerprint density at radius 1 is 1.14 bits per heavy atom. The first-order chi connectivity index (χ1) is 10.1. The summed E-state index contributed by atoms with van der Waals surface area (Å²) in [5.74, 6) is -0.0434. The number of hydrogen-bond acceptors (Lipinski definition) is 6. The first-order valence-corrected chi connectivity index (χ1v) is 6.25. The molecule has 1 aromatic carbocycles. The maximum atomic E-state index is 13.5. The van der Waals surface area contributed by atoms with Gasteiger partial charge in [-0.1, -0.05) is 12.1 Å². The Bertz CT molecular complexity index is 631. The van der Waals surface area contributed by atoms with Gasteiger partial charge < -0.3 is 9.47 Å². The molecule has 1 heterocycles. The van der Waals surface area contributed by atoms with Gasteiger partial charge in [0.25, 0.3) is 0 Å². The zero-order valence-corrected chi connectivity index (χ0v) is 11.9. The van der Waals surface area contributed by atoms with Crippen molar-refractivity contribution in [3.8, 4) is 11.8 Å². The second-order valence-corrected chi connectivity index (χ2v) is 4.19. The number of aromatic nitrogens is 2. The van der Waals surface area contributed by atoms with Crippen LogP contribution in [0.3, 0.4) is 0 Å². The van der Waals surface area contributed by atoms with Crippen LogP contribution in [0.25, 0.3) is 0 Å². The van der Waals surface area contributed by atoms with Gasteiger partial charge in [-0.25, -0.2) is 9.37 Å². The number of azo groups is 1. The van der Waals surface area contributed by atoms with Gasteiger partial charge in [-0.3, -0.25) is 0 Å². The van der Waals surface area contributed by atoms with E-state index in [1.165, 1.54) is 7.11 Å². The topological polar surface area (TPSA) is 69.0 Å². The highest BCUT2D eigenvalue weighted by Gasteiger charge is 2.08. The Morgan fingerprint density at radius 3 is 2.48 bits per heavy atom. The molecule has 0 amide bonds. The van der Waals surface area contributed by atoms with Crippen LogP contribution in [0, 0.1) is 5.82 Å². The molecule has 21 heavy (non-hydrogen) atoms. The highest BCUT2D eigenvalue weighted by atomic mass is 19.1. The monoisotopic (exact) mass is 290 g/mol. The van der Waals surface area contributed by atoms with Crippen LogP contribution in [0.5, 0.6) is 11.8 Å². The number of hydrogen-bond donors (Lipinski definition) is 0. The Labute approximate surface area is 121 Å². The van der Waals surface area contributed by atoms with Crippen LogP contribution < -0.4 is 9.47 Å². The Kier molecular flexibility index (Phi) is 4.76. The molecule has 2 rings (SSSR count). The number of benzene rings is 1. The predicted octanol–water partition coefficient (Wildman–Crippen LogP) is 3.48. The number of ether oxygens (including phenoxy) is 2. The van der Waals surface area contributed by atoms with Crippen LogP contribution >= 0.6 is 0 Å². The van der Waals surface area contributed by atoms with Gasteiger partial charge in [-0.15, -0.1) is 5.11 Å². The summed E-state index contributed by atoms with van der Waals surface area (Å²) in [6, 6.07) is 7.21. The minimum atomic E-state index is -0.651. The van der Waals surface area contributed by atoms with Crippen molar-refractivity contribution in [2.24, 2.45) is 10.2 Å². The van der Waals surface area contributed by atoms with E-state index in [0.29, 0.717) is 0 Å². The van der Waals surface area contributed by atoms with Crippen LogP contribution in [-0.2, 0) is 0 Å². The SMILES string of the molecule is COc1ccc(C(C)N=Nc2nc(OC)ncc2F)cc1. The molecule has 0 aliphatic heterocycles. The van der Waals surface area contributed by atoms with E-state index in [-0.39, 0.29) is 17.9 Å². The molecule has 2 aromatic rings. The molecule has 0 bridgehead atoms. The predicted molar refractivity (Wildman–Crippen MR) is 74.5 cm³/mol. The molecule has 1 atom stereocenters. The molecule has 1 aromatic heterocycles. The van der Waals surface area contributed by atoms with Gasteiger partial charge in [0.15, 0.2) is 5.82 Å². The summed E-state index contributed by atoms with van der Waals surface area (Å²) in [6.45, 7) is 1.85. The van der Waals surface area contributed by atoms with Crippen molar-refractivity contribution in [2.75, 3.05) is 14.2 Å². The van der Waals surface area contributed by atoms with Crippen LogP contribution in [0.2, 0.25) is 0 Å². The fourth-order valence-electron chi connectivity index (χ4n) is 1.60. The summed E-state index contributed by atoms with van der Waals surface area (Å²) in [6.07, 6.45) is 0.998. The lowest BCUT2D eigenvalue weighted by Crippen LogP contribution is -1.93. The van der Waals surface area contributed by atoms with Gasteiger partial charge in [-0.2, -0.15) is 10.1 Å². The average Bonchev–Trinajstić information content (AvgIpc) is 2.54. The van der Waals surface area contributed by atoms with Gasteiger partial charge in [0.05, 0.1) is 26.5 Å². The standard InChI is InChI=1S/C14H15FN4O2/c1-9(10-4-6-11(20-2)7-5-10)18-19-13-12(15)8-16-14(17-13)21-3/h4-9H,1-3H3. The number of methoxy groups -OCH3 is 2. The molecule has 1 unspecified atom stereocenters. The lowest BCUT2D eigenvalue weighted by molar-refractivity contribution is 0.377. The summed E-state index contributed by atoms with van der Waals surface area (Å²) in [7, 11) is 3.00. The molecule has 0 saturated carbocycles. The molecule has 0 saturated heterocycles. The molecule has 0 spiro atoms. The van der Waals surface area contributed by atoms with Crippen molar-refractivity contribution in [1.29, 1.82) is 0 Å². The van der Waals surface area contributed by atoms with E-state index in [1.54, 1.807) is 7.11 Å². The third-order valence-corrected chi connectivity index (χ3v) is 2.81. The Morgan fingerprint density at radius 2 is 1.86 bits per heavy atom. The van der Waals surface area contributed by atoms with Crippen LogP contribution in [-0.4, -0.2) is 24.2 Å². The van der Waals surface area contributed by atoms with E-state index in [2.05, 4.69) is 20.2 Å². The molecular formula is C14H15FN4O2. The van der Waals surface area contributed by atoms with Crippen LogP contribution in [0.4, 0.5) is 10.2 Å². The largest absolute Gasteiger partial charge is 0.497 e. The normalized spacial score (nSPS) is 12.4. The van der Waals surface area contributed by atoms with Gasteiger partial charge in [0.2, 0.25) is 5.82 Å². The quantitative estimate of drug-likeness (QED) is 0.790. The molecule has 110 valence electrons. The van der Waals surface area contributed by atoms with E-state index in [9.17, 15) is 4.39 Å². The number of rotatable bonds is 5. The second kappa shape index (κ2) is 6.74. The molecule has 7 heteroatoms. The van der Waals surface area contributed by atoms with Crippen molar-refractivity contribution in [1.82, 2.24) is 9.97 Å². The Balaban J connectivity index is 2.15. The third kappa shape index (κ3) is 3.71. The van der Waals surface area contributed by atoms with Crippen LogP contribution in [0.15, 0.2) is 40.7 Å². The van der Waals surface area contributed by atoms with E-state index in [4.69, 9.17) is 9.47 Å². The summed E-state index contributed by atoms with van der Waals surface area (Å²) in [4.78, 5) is 7.43. The van der Waals surface area contributed by atoms with Crippen molar-refractivity contribution >= 4 is 5.82 Å². The van der Waals surface area contributed by atoms with E-state index in [1.807, 2.05) is 31.2 Å². The van der Waals surface area contributed by atoms with Gasteiger partial charge >= 0.3 is 6.01 Å². The first kappa shape index (κ1) is 14.8. The Hall–Kier alpha value is -2.57. The van der Waals surface area contributed by atoms with E-state index < -0.39 is 5.82 Å². The third-order valence-electron chi connectivity index (χ3n) is 2.81. The van der Waals surface area contributed by atoms with Gasteiger partial charge in [0, 0.05) is 0 Å². The minimum absolute atomic E-state index is 0.0439. The highest BCUT2D eigenvalue weighted by molar-refractivity contribution is 5.30. The minimum Gasteiger partial charge on any atom is -0.497 e. The summed E-state index contributed by atoms with van der Waals surface area (Å²) in [5.41, 5.74) is 0.931. The fraction of sp³-hybridized carbons (Fsp3) is 0.286. The second-order valence-electron chi connectivity index (χ2n) is 4.19. The first-order valence-electron chi connectivity index (χ1n) is 6.25. The molecule has 6 nitrogen and oxygen atoms in total. The molecule has 0 N–H and O–H groups in total.